The fourth-order valence-electron chi connectivity index (χ4n) is 2.87. The molecule has 8 heteroatoms. The van der Waals surface area contributed by atoms with Crippen LogP contribution in [0.1, 0.15) is 5.56 Å². The Balaban J connectivity index is 1.36. The predicted octanol–water partition coefficient (Wildman–Crippen LogP) is 4.23. The highest BCUT2D eigenvalue weighted by atomic mass is 32.2. The minimum absolute atomic E-state index is 0.168. The van der Waals surface area contributed by atoms with Gasteiger partial charge in [-0.2, -0.15) is 4.40 Å². The standard InChI is InChI=1S/C20H13N3O3S2/c24-19-17(10-12-6-7-14-15(9-12)26-11-25-14)27-20(22-19)23-28-16-5-1-3-13-4-2-8-21-18(13)16/h1-10H,11H2,(H,22,23,24)/b17-10-. The number of pyridine rings is 1. The zero-order valence-electron chi connectivity index (χ0n) is 14.4. The van der Waals surface area contributed by atoms with Gasteiger partial charge in [0.2, 0.25) is 6.79 Å². The number of para-hydroxylation sites is 1. The number of amides is 1. The Kier molecular flexibility index (Phi) is 4.42. The van der Waals surface area contributed by atoms with Crippen LogP contribution in [-0.4, -0.2) is 22.9 Å². The van der Waals surface area contributed by atoms with Crippen molar-refractivity contribution in [3.8, 4) is 11.5 Å². The Hall–Kier alpha value is -2.97. The van der Waals surface area contributed by atoms with Crippen molar-refractivity contribution in [1.82, 2.24) is 10.3 Å². The molecular formula is C20H13N3O3S2. The lowest BCUT2D eigenvalue weighted by molar-refractivity contribution is -0.115. The third-order valence-corrected chi connectivity index (χ3v) is 5.99. The lowest BCUT2D eigenvalue weighted by atomic mass is 10.2. The molecule has 0 saturated carbocycles. The van der Waals surface area contributed by atoms with E-state index >= 15 is 0 Å². The molecule has 0 bridgehead atoms. The summed E-state index contributed by atoms with van der Waals surface area (Å²) in [6, 6.07) is 15.4. The molecule has 0 radical (unpaired) electrons. The quantitative estimate of drug-likeness (QED) is 0.517. The van der Waals surface area contributed by atoms with Crippen LogP contribution in [0, 0.1) is 0 Å². The van der Waals surface area contributed by atoms with Crippen LogP contribution < -0.4 is 14.8 Å². The van der Waals surface area contributed by atoms with Gasteiger partial charge in [-0.1, -0.05) is 24.3 Å². The van der Waals surface area contributed by atoms with Crippen LogP contribution in [0.5, 0.6) is 11.5 Å². The normalized spacial score (nSPS) is 18.2. The highest BCUT2D eigenvalue weighted by Gasteiger charge is 2.24. The molecule has 2 aliphatic rings. The van der Waals surface area contributed by atoms with Crippen molar-refractivity contribution >= 4 is 51.8 Å². The SMILES string of the molecule is O=C1NC(=NSc2cccc3cccnc23)S/C1=C\c1ccc2c(c1)OCO2. The van der Waals surface area contributed by atoms with Crippen molar-refractivity contribution in [2.75, 3.05) is 6.79 Å². The number of ether oxygens (including phenoxy) is 2. The van der Waals surface area contributed by atoms with Gasteiger partial charge in [0.25, 0.3) is 5.91 Å². The first kappa shape index (κ1) is 17.2. The first-order valence-electron chi connectivity index (χ1n) is 8.45. The van der Waals surface area contributed by atoms with Crippen LogP contribution in [0.15, 0.2) is 68.9 Å². The number of thioether (sulfide) groups is 1. The number of hydrogen-bond acceptors (Lipinski definition) is 7. The molecule has 138 valence electrons. The second kappa shape index (κ2) is 7.21. The Bertz CT molecular complexity index is 1160. The van der Waals surface area contributed by atoms with Crippen LogP contribution in [0.2, 0.25) is 0 Å². The van der Waals surface area contributed by atoms with Crippen molar-refractivity contribution in [1.29, 1.82) is 0 Å². The highest BCUT2D eigenvalue weighted by molar-refractivity contribution is 8.19. The maximum Gasteiger partial charge on any atom is 0.264 e. The summed E-state index contributed by atoms with van der Waals surface area (Å²) in [4.78, 5) is 18.2. The molecule has 2 aromatic carbocycles. The number of aromatic nitrogens is 1. The van der Waals surface area contributed by atoms with Crippen LogP contribution in [0.3, 0.4) is 0 Å². The number of benzene rings is 2. The predicted molar refractivity (Wildman–Crippen MR) is 111 cm³/mol. The first-order valence-corrected chi connectivity index (χ1v) is 10.0. The number of carbonyl (C=O) groups is 1. The Morgan fingerprint density at radius 3 is 3.00 bits per heavy atom. The van der Waals surface area contributed by atoms with Gasteiger partial charge in [-0.05, 0) is 47.7 Å². The van der Waals surface area contributed by atoms with E-state index in [1.165, 1.54) is 23.7 Å². The lowest BCUT2D eigenvalue weighted by Crippen LogP contribution is -2.19. The van der Waals surface area contributed by atoms with Gasteiger partial charge in [-0.3, -0.25) is 15.1 Å². The van der Waals surface area contributed by atoms with Crippen LogP contribution in [0.4, 0.5) is 0 Å². The molecule has 5 rings (SSSR count). The molecule has 1 fully saturated rings. The van der Waals surface area contributed by atoms with Gasteiger partial charge in [-0.25, -0.2) is 0 Å². The van der Waals surface area contributed by atoms with E-state index in [2.05, 4.69) is 14.7 Å². The molecule has 1 N–H and O–H groups in total. The van der Waals surface area contributed by atoms with Gasteiger partial charge in [-0.15, -0.1) is 0 Å². The van der Waals surface area contributed by atoms with Crippen LogP contribution in [-0.2, 0) is 4.79 Å². The van der Waals surface area contributed by atoms with E-state index in [4.69, 9.17) is 9.47 Å². The van der Waals surface area contributed by atoms with E-state index in [0.717, 1.165) is 21.4 Å². The summed E-state index contributed by atoms with van der Waals surface area (Å²) in [6.45, 7) is 0.224. The summed E-state index contributed by atoms with van der Waals surface area (Å²) in [5, 5.41) is 4.41. The van der Waals surface area contributed by atoms with E-state index in [9.17, 15) is 4.79 Å². The Morgan fingerprint density at radius 2 is 2.04 bits per heavy atom. The fraction of sp³-hybridized carbons (Fsp3) is 0.0500. The van der Waals surface area contributed by atoms with Crippen molar-refractivity contribution in [2.45, 2.75) is 4.90 Å². The molecule has 1 amide bonds. The lowest BCUT2D eigenvalue weighted by Gasteiger charge is -2.01. The van der Waals surface area contributed by atoms with Gasteiger partial charge in [0.05, 0.1) is 15.3 Å². The van der Waals surface area contributed by atoms with Gasteiger partial charge in [0, 0.05) is 23.5 Å². The van der Waals surface area contributed by atoms with Crippen LogP contribution >= 0.6 is 23.7 Å². The summed E-state index contributed by atoms with van der Waals surface area (Å²) < 4.78 is 15.2. The second-order valence-electron chi connectivity index (χ2n) is 6.00. The molecule has 1 saturated heterocycles. The van der Waals surface area contributed by atoms with Crippen molar-refractivity contribution in [3.05, 3.63) is 65.2 Å². The largest absolute Gasteiger partial charge is 0.454 e. The minimum Gasteiger partial charge on any atom is -0.454 e. The topological polar surface area (TPSA) is 72.8 Å². The number of nitrogens with one attached hydrogen (secondary N) is 1. The Morgan fingerprint density at radius 1 is 1.14 bits per heavy atom. The molecule has 6 nitrogen and oxygen atoms in total. The maximum absolute atomic E-state index is 12.3. The van der Waals surface area contributed by atoms with Gasteiger partial charge >= 0.3 is 0 Å². The smallest absolute Gasteiger partial charge is 0.264 e. The first-order chi connectivity index (χ1) is 13.8. The number of rotatable bonds is 3. The maximum atomic E-state index is 12.3. The monoisotopic (exact) mass is 407 g/mol. The Labute approximate surface area is 169 Å². The average molecular weight is 407 g/mol. The summed E-state index contributed by atoms with van der Waals surface area (Å²) >= 11 is 2.61. The number of nitrogens with zero attached hydrogens (tertiary/aromatic N) is 2. The molecule has 0 spiro atoms. The number of amidine groups is 1. The number of hydrogen-bond donors (Lipinski definition) is 1. The summed E-state index contributed by atoms with van der Waals surface area (Å²) in [5.41, 5.74) is 1.76. The number of carbonyl (C=O) groups excluding carboxylic acids is 1. The fourth-order valence-corrected chi connectivity index (χ4v) is 4.44. The average Bonchev–Trinajstić information content (AvgIpc) is 3.32. The van der Waals surface area contributed by atoms with E-state index < -0.39 is 0 Å². The second-order valence-corrected chi connectivity index (χ2v) is 7.83. The molecule has 0 unspecified atom stereocenters. The van der Waals surface area contributed by atoms with Crippen LogP contribution in [0.25, 0.3) is 17.0 Å². The molecule has 0 atom stereocenters. The molecule has 2 aliphatic heterocycles. The third kappa shape index (κ3) is 3.32. The van der Waals surface area contributed by atoms with Gasteiger partial charge < -0.3 is 9.47 Å². The summed E-state index contributed by atoms with van der Waals surface area (Å²) in [7, 11) is 0. The van der Waals surface area contributed by atoms with Crippen molar-refractivity contribution in [2.24, 2.45) is 4.40 Å². The van der Waals surface area contributed by atoms with E-state index in [1.807, 2.05) is 54.6 Å². The zero-order valence-corrected chi connectivity index (χ0v) is 16.0. The van der Waals surface area contributed by atoms with Gasteiger partial charge in [0.1, 0.15) is 0 Å². The van der Waals surface area contributed by atoms with Crippen molar-refractivity contribution < 1.29 is 14.3 Å². The zero-order chi connectivity index (χ0) is 18.9. The van der Waals surface area contributed by atoms with Crippen molar-refractivity contribution in [3.63, 3.8) is 0 Å². The number of fused-ring (bicyclic) bond motifs is 2. The van der Waals surface area contributed by atoms with E-state index in [0.29, 0.717) is 21.6 Å². The summed E-state index contributed by atoms with van der Waals surface area (Å²) in [5.74, 6) is 1.23. The van der Waals surface area contributed by atoms with E-state index in [-0.39, 0.29) is 12.7 Å². The minimum atomic E-state index is -0.168. The molecule has 28 heavy (non-hydrogen) atoms. The summed E-state index contributed by atoms with van der Waals surface area (Å²) in [6.07, 6.45) is 3.58. The molecular weight excluding hydrogens is 394 g/mol. The molecule has 1 aromatic heterocycles. The van der Waals surface area contributed by atoms with Gasteiger partial charge in [0.15, 0.2) is 16.7 Å². The highest BCUT2D eigenvalue weighted by Crippen LogP contribution is 2.35. The molecule has 3 heterocycles. The molecule has 0 aliphatic carbocycles. The van der Waals surface area contributed by atoms with E-state index in [1.54, 1.807) is 6.20 Å². The molecule has 3 aromatic rings. The third-order valence-electron chi connectivity index (χ3n) is 4.17.